The maximum absolute atomic E-state index is 12.9. The summed E-state index contributed by atoms with van der Waals surface area (Å²) in [4.78, 5) is 72.0. The van der Waals surface area contributed by atoms with E-state index in [4.69, 9.17) is 11.5 Å². The second-order valence-corrected chi connectivity index (χ2v) is 8.72. The van der Waals surface area contributed by atoms with E-state index in [1.54, 1.807) is 44.2 Å². The van der Waals surface area contributed by atoms with Crippen LogP contribution < -0.4 is 27.4 Å². The predicted octanol–water partition coefficient (Wildman–Crippen LogP) is -1.51. The van der Waals surface area contributed by atoms with Gasteiger partial charge in [-0.2, -0.15) is 0 Å². The Labute approximate surface area is 208 Å². The van der Waals surface area contributed by atoms with E-state index in [2.05, 4.69) is 16.0 Å². The molecule has 0 bridgehead atoms. The molecule has 4 amide bonds. The molecule has 0 aliphatic rings. The number of carboxylic acid groups (broad SMARTS) is 2. The lowest BCUT2D eigenvalue weighted by atomic mass is 10.0. The molecule has 13 nitrogen and oxygen atoms in total. The van der Waals surface area contributed by atoms with Crippen molar-refractivity contribution in [3.63, 3.8) is 0 Å². The summed E-state index contributed by atoms with van der Waals surface area (Å²) < 4.78 is 0. The third-order valence-corrected chi connectivity index (χ3v) is 5.01. The van der Waals surface area contributed by atoms with Crippen molar-refractivity contribution in [3.8, 4) is 0 Å². The van der Waals surface area contributed by atoms with Gasteiger partial charge >= 0.3 is 11.9 Å². The molecule has 0 saturated heterocycles. The zero-order valence-corrected chi connectivity index (χ0v) is 20.1. The highest BCUT2D eigenvalue weighted by Gasteiger charge is 2.32. The molecule has 0 radical (unpaired) electrons. The number of benzene rings is 1. The molecule has 1 aromatic carbocycles. The highest BCUT2D eigenvalue weighted by molar-refractivity contribution is 5.96. The number of nitrogens with one attached hydrogen (secondary N) is 3. The molecule has 0 spiro atoms. The number of aliphatic carboxylic acids is 2. The molecule has 0 saturated carbocycles. The van der Waals surface area contributed by atoms with E-state index in [1.807, 2.05) is 0 Å². The molecule has 13 heteroatoms. The van der Waals surface area contributed by atoms with Crippen LogP contribution in [-0.2, 0) is 35.2 Å². The first-order chi connectivity index (χ1) is 16.8. The lowest BCUT2D eigenvalue weighted by molar-refractivity contribution is -0.144. The van der Waals surface area contributed by atoms with Crippen LogP contribution in [0.25, 0.3) is 0 Å². The van der Waals surface area contributed by atoms with Crippen molar-refractivity contribution in [2.24, 2.45) is 17.4 Å². The number of nitrogens with two attached hydrogens (primary N) is 2. The van der Waals surface area contributed by atoms with E-state index in [-0.39, 0.29) is 18.8 Å². The molecule has 1 aromatic rings. The summed E-state index contributed by atoms with van der Waals surface area (Å²) in [7, 11) is 0. The van der Waals surface area contributed by atoms with Gasteiger partial charge in [-0.05, 0) is 24.3 Å². The molecule has 0 aromatic heterocycles. The van der Waals surface area contributed by atoms with Crippen molar-refractivity contribution in [3.05, 3.63) is 35.9 Å². The number of carbonyl (C=O) groups excluding carboxylic acids is 4. The normalized spacial score (nSPS) is 14.1. The summed E-state index contributed by atoms with van der Waals surface area (Å²) in [6.07, 6.45) is -1.25. The molecule has 4 unspecified atom stereocenters. The minimum absolute atomic E-state index is 0.0573. The Morgan fingerprint density at radius 2 is 1.33 bits per heavy atom. The molecule has 0 fully saturated rings. The van der Waals surface area contributed by atoms with E-state index < -0.39 is 72.6 Å². The number of hydrogen-bond donors (Lipinski definition) is 7. The Balaban J connectivity index is 2.98. The van der Waals surface area contributed by atoms with E-state index in [0.717, 1.165) is 5.56 Å². The highest BCUT2D eigenvalue weighted by atomic mass is 16.4. The van der Waals surface area contributed by atoms with Gasteiger partial charge in [0.15, 0.2) is 0 Å². The fourth-order valence-electron chi connectivity index (χ4n) is 3.27. The third-order valence-electron chi connectivity index (χ3n) is 5.01. The van der Waals surface area contributed by atoms with Crippen molar-refractivity contribution in [2.75, 3.05) is 0 Å². The van der Waals surface area contributed by atoms with Crippen LogP contribution >= 0.6 is 0 Å². The van der Waals surface area contributed by atoms with Crippen molar-refractivity contribution in [1.29, 1.82) is 0 Å². The highest BCUT2D eigenvalue weighted by Crippen LogP contribution is 2.08. The van der Waals surface area contributed by atoms with Gasteiger partial charge < -0.3 is 37.6 Å². The maximum Gasteiger partial charge on any atom is 0.326 e. The Hall–Kier alpha value is -4.00. The molecule has 36 heavy (non-hydrogen) atoms. The van der Waals surface area contributed by atoms with E-state index >= 15 is 0 Å². The molecular weight excluding hydrogens is 474 g/mol. The Morgan fingerprint density at radius 1 is 0.806 bits per heavy atom. The van der Waals surface area contributed by atoms with Crippen LogP contribution in [0.1, 0.15) is 38.7 Å². The Kier molecular flexibility index (Phi) is 12.0. The van der Waals surface area contributed by atoms with Crippen LogP contribution in [0, 0.1) is 5.92 Å². The maximum atomic E-state index is 12.9. The van der Waals surface area contributed by atoms with Gasteiger partial charge in [-0.15, -0.1) is 0 Å². The summed E-state index contributed by atoms with van der Waals surface area (Å²) in [5.74, 6) is -6.63. The van der Waals surface area contributed by atoms with Crippen LogP contribution in [-0.4, -0.2) is 69.9 Å². The second kappa shape index (κ2) is 14.4. The first kappa shape index (κ1) is 30.0. The summed E-state index contributed by atoms with van der Waals surface area (Å²) in [6, 6.07) is 3.30. The Bertz CT molecular complexity index is 953. The van der Waals surface area contributed by atoms with Crippen LogP contribution in [0.5, 0.6) is 0 Å². The number of amides is 4. The third kappa shape index (κ3) is 11.0. The van der Waals surface area contributed by atoms with Gasteiger partial charge in [-0.25, -0.2) is 4.79 Å². The molecule has 4 atom stereocenters. The molecule has 9 N–H and O–H groups in total. The second-order valence-electron chi connectivity index (χ2n) is 8.72. The lowest BCUT2D eigenvalue weighted by Crippen LogP contribution is -2.58. The van der Waals surface area contributed by atoms with Gasteiger partial charge in [0.2, 0.25) is 23.6 Å². The summed E-state index contributed by atoms with van der Waals surface area (Å²) >= 11 is 0. The minimum atomic E-state index is -1.62. The van der Waals surface area contributed by atoms with Crippen molar-refractivity contribution >= 4 is 35.6 Å². The monoisotopic (exact) mass is 507 g/mol. The Morgan fingerprint density at radius 3 is 1.83 bits per heavy atom. The quantitative estimate of drug-likeness (QED) is 0.146. The van der Waals surface area contributed by atoms with Crippen LogP contribution in [0.4, 0.5) is 0 Å². The molecule has 198 valence electrons. The number of rotatable bonds is 15. The lowest BCUT2D eigenvalue weighted by Gasteiger charge is -2.25. The van der Waals surface area contributed by atoms with E-state index in [9.17, 15) is 39.0 Å². The SMILES string of the molecule is CC(C)CC(NC(=O)C(CC(=O)O)NC(=O)C(N)Cc1ccccc1)C(=O)NC(CC(N)=O)C(=O)O. The zero-order chi connectivity index (χ0) is 27.4. The van der Waals surface area contributed by atoms with Crippen LogP contribution in [0.2, 0.25) is 0 Å². The summed E-state index contributed by atoms with van der Waals surface area (Å²) in [5, 5.41) is 25.3. The first-order valence-electron chi connectivity index (χ1n) is 11.2. The molecule has 0 aliphatic heterocycles. The topological polar surface area (TPSA) is 231 Å². The molecular formula is C23H33N5O8. The average molecular weight is 508 g/mol. The van der Waals surface area contributed by atoms with Crippen LogP contribution in [0.3, 0.4) is 0 Å². The number of carboxylic acids is 2. The average Bonchev–Trinajstić information content (AvgIpc) is 2.77. The summed E-state index contributed by atoms with van der Waals surface area (Å²) in [5.41, 5.74) is 11.7. The smallest absolute Gasteiger partial charge is 0.326 e. The van der Waals surface area contributed by atoms with Crippen molar-refractivity contribution in [1.82, 2.24) is 16.0 Å². The van der Waals surface area contributed by atoms with E-state index in [1.165, 1.54) is 0 Å². The van der Waals surface area contributed by atoms with Gasteiger partial charge in [0, 0.05) is 0 Å². The standard InChI is InChI=1S/C23H33N5O8/c1-12(2)8-15(21(33)28-17(23(35)36)10-18(25)29)27-22(34)16(11-19(30)31)26-20(32)14(24)9-13-6-4-3-5-7-13/h3-7,12,14-17H,8-11,24H2,1-2H3,(H2,25,29)(H,26,32)(H,27,34)(H,28,33)(H,30,31)(H,35,36). The summed E-state index contributed by atoms with van der Waals surface area (Å²) in [6.45, 7) is 3.48. The van der Waals surface area contributed by atoms with Gasteiger partial charge in [0.05, 0.1) is 18.9 Å². The molecule has 0 aliphatic carbocycles. The minimum Gasteiger partial charge on any atom is -0.481 e. The first-order valence-corrected chi connectivity index (χ1v) is 11.2. The fourth-order valence-corrected chi connectivity index (χ4v) is 3.27. The predicted molar refractivity (Wildman–Crippen MR) is 127 cm³/mol. The van der Waals surface area contributed by atoms with Crippen molar-refractivity contribution < 1.29 is 39.0 Å². The molecule has 0 heterocycles. The number of primary amides is 1. The fraction of sp³-hybridized carbons (Fsp3) is 0.478. The van der Waals surface area contributed by atoms with Gasteiger partial charge in [0.25, 0.3) is 0 Å². The van der Waals surface area contributed by atoms with Gasteiger partial charge in [-0.3, -0.25) is 24.0 Å². The largest absolute Gasteiger partial charge is 0.481 e. The van der Waals surface area contributed by atoms with Gasteiger partial charge in [0.1, 0.15) is 18.1 Å². The van der Waals surface area contributed by atoms with Crippen molar-refractivity contribution in [2.45, 2.75) is 63.7 Å². The number of hydrogen-bond acceptors (Lipinski definition) is 7. The van der Waals surface area contributed by atoms with E-state index in [0.29, 0.717) is 0 Å². The molecule has 1 rings (SSSR count). The zero-order valence-electron chi connectivity index (χ0n) is 20.1. The number of carbonyl (C=O) groups is 6. The van der Waals surface area contributed by atoms with Crippen LogP contribution in [0.15, 0.2) is 30.3 Å². The van der Waals surface area contributed by atoms with Gasteiger partial charge in [-0.1, -0.05) is 44.2 Å².